The Morgan fingerprint density at radius 1 is 1.05 bits per heavy atom. The van der Waals surface area contributed by atoms with Crippen molar-refractivity contribution < 1.29 is 0 Å². The second kappa shape index (κ2) is 5.58. The van der Waals surface area contributed by atoms with Crippen LogP contribution in [0.1, 0.15) is 28.4 Å². The van der Waals surface area contributed by atoms with Crippen LogP contribution in [-0.4, -0.2) is 4.98 Å². The van der Waals surface area contributed by atoms with Crippen LogP contribution in [0.5, 0.6) is 0 Å². The van der Waals surface area contributed by atoms with E-state index in [2.05, 4.69) is 52.1 Å². The molecule has 0 aliphatic carbocycles. The molecule has 1 aromatic heterocycles. The molecule has 2 nitrogen and oxygen atoms in total. The highest BCUT2D eigenvalue weighted by atomic mass is 79.9. The molecule has 0 amide bonds. The van der Waals surface area contributed by atoms with Crippen LogP contribution in [0.25, 0.3) is 10.9 Å². The zero-order valence-electron chi connectivity index (χ0n) is 12.1. The van der Waals surface area contributed by atoms with Gasteiger partial charge in [0.2, 0.25) is 0 Å². The van der Waals surface area contributed by atoms with Gasteiger partial charge in [-0.05, 0) is 54.8 Å². The van der Waals surface area contributed by atoms with Gasteiger partial charge in [0.05, 0.1) is 11.6 Å². The highest BCUT2D eigenvalue weighted by Gasteiger charge is 2.13. The lowest BCUT2D eigenvalue weighted by molar-refractivity contribution is 0.861. The maximum atomic E-state index is 6.47. The number of aryl methyl sites for hydroxylation is 1. The minimum atomic E-state index is -0.131. The number of nitrogens with zero attached hydrogens (tertiary/aromatic N) is 1. The van der Waals surface area contributed by atoms with Gasteiger partial charge in [-0.15, -0.1) is 0 Å². The van der Waals surface area contributed by atoms with E-state index in [-0.39, 0.29) is 6.04 Å². The highest BCUT2D eigenvalue weighted by molar-refractivity contribution is 9.10. The lowest BCUT2D eigenvalue weighted by Gasteiger charge is -2.16. The summed E-state index contributed by atoms with van der Waals surface area (Å²) in [5, 5.41) is 1.13. The van der Waals surface area contributed by atoms with Crippen molar-refractivity contribution in [1.82, 2.24) is 4.98 Å². The summed E-state index contributed by atoms with van der Waals surface area (Å²) in [5.74, 6) is 0. The summed E-state index contributed by atoms with van der Waals surface area (Å²) in [7, 11) is 0. The van der Waals surface area contributed by atoms with Gasteiger partial charge < -0.3 is 5.73 Å². The molecule has 21 heavy (non-hydrogen) atoms. The molecular weight excluding hydrogens is 324 g/mol. The molecule has 3 aromatic rings. The Kier molecular flexibility index (Phi) is 3.79. The molecule has 0 saturated heterocycles. The largest absolute Gasteiger partial charge is 0.320 e. The first-order valence-electron chi connectivity index (χ1n) is 6.94. The third-order valence-electron chi connectivity index (χ3n) is 3.86. The topological polar surface area (TPSA) is 38.9 Å². The van der Waals surface area contributed by atoms with E-state index in [1.165, 1.54) is 5.56 Å². The molecule has 0 bridgehead atoms. The molecule has 3 rings (SSSR count). The molecule has 0 aliphatic heterocycles. The van der Waals surface area contributed by atoms with Gasteiger partial charge >= 0.3 is 0 Å². The van der Waals surface area contributed by atoms with Gasteiger partial charge in [0, 0.05) is 15.6 Å². The molecule has 0 spiro atoms. The fraction of sp³-hybridized carbons (Fsp3) is 0.167. The highest BCUT2D eigenvalue weighted by Crippen LogP contribution is 2.28. The minimum absolute atomic E-state index is 0.131. The molecule has 1 atom stereocenters. The first kappa shape index (κ1) is 14.2. The standard InChI is InChI=1S/C18H17BrN2/c1-11-6-7-13-10-14(8-9-17(13)21-11)18(20)15-4-3-5-16(19)12(15)2/h3-10,18H,20H2,1-2H3. The third kappa shape index (κ3) is 2.71. The lowest BCUT2D eigenvalue weighted by atomic mass is 9.95. The molecule has 1 unspecified atom stereocenters. The summed E-state index contributed by atoms with van der Waals surface area (Å²) >= 11 is 3.57. The Morgan fingerprint density at radius 3 is 2.67 bits per heavy atom. The van der Waals surface area contributed by atoms with E-state index in [0.29, 0.717) is 0 Å². The Hall–Kier alpha value is -1.71. The monoisotopic (exact) mass is 340 g/mol. The van der Waals surface area contributed by atoms with E-state index in [9.17, 15) is 0 Å². The molecule has 0 radical (unpaired) electrons. The number of halogens is 1. The summed E-state index contributed by atoms with van der Waals surface area (Å²) in [4.78, 5) is 4.53. The Labute approximate surface area is 133 Å². The van der Waals surface area contributed by atoms with Crippen LogP contribution < -0.4 is 5.73 Å². The second-order valence-corrected chi connectivity index (χ2v) is 6.19. The van der Waals surface area contributed by atoms with E-state index in [4.69, 9.17) is 5.73 Å². The van der Waals surface area contributed by atoms with Gasteiger partial charge in [0.25, 0.3) is 0 Å². The number of aromatic nitrogens is 1. The predicted molar refractivity (Wildman–Crippen MR) is 91.4 cm³/mol. The van der Waals surface area contributed by atoms with Crippen molar-refractivity contribution in [2.24, 2.45) is 5.73 Å². The van der Waals surface area contributed by atoms with Gasteiger partial charge in [0.15, 0.2) is 0 Å². The van der Waals surface area contributed by atoms with Gasteiger partial charge in [-0.2, -0.15) is 0 Å². The maximum Gasteiger partial charge on any atom is 0.0705 e. The summed E-state index contributed by atoms with van der Waals surface area (Å²) in [5.41, 5.74) is 11.9. The average Bonchev–Trinajstić information content (AvgIpc) is 2.49. The molecule has 0 aliphatic rings. The molecule has 3 heteroatoms. The normalized spacial score (nSPS) is 12.6. The van der Waals surface area contributed by atoms with Gasteiger partial charge in [0.1, 0.15) is 0 Å². The van der Waals surface area contributed by atoms with E-state index in [1.807, 2.05) is 31.2 Å². The van der Waals surface area contributed by atoms with Crippen LogP contribution in [0.3, 0.4) is 0 Å². The molecule has 0 saturated carbocycles. The van der Waals surface area contributed by atoms with Gasteiger partial charge in [-0.25, -0.2) is 0 Å². The number of rotatable bonds is 2. The minimum Gasteiger partial charge on any atom is -0.320 e. The molecular formula is C18H17BrN2. The first-order chi connectivity index (χ1) is 10.1. The maximum absolute atomic E-state index is 6.47. The zero-order valence-corrected chi connectivity index (χ0v) is 13.7. The zero-order chi connectivity index (χ0) is 15.0. The number of pyridine rings is 1. The molecule has 2 aromatic carbocycles. The second-order valence-electron chi connectivity index (χ2n) is 5.34. The van der Waals surface area contributed by atoms with E-state index in [0.717, 1.165) is 32.2 Å². The van der Waals surface area contributed by atoms with Crippen LogP contribution in [0.15, 0.2) is 53.0 Å². The van der Waals surface area contributed by atoms with Crippen LogP contribution in [0.2, 0.25) is 0 Å². The van der Waals surface area contributed by atoms with Crippen molar-refractivity contribution in [2.45, 2.75) is 19.9 Å². The van der Waals surface area contributed by atoms with Gasteiger partial charge in [-0.1, -0.05) is 40.2 Å². The molecule has 106 valence electrons. The fourth-order valence-electron chi connectivity index (χ4n) is 2.58. The third-order valence-corrected chi connectivity index (χ3v) is 4.72. The number of hydrogen-bond donors (Lipinski definition) is 1. The fourth-order valence-corrected chi connectivity index (χ4v) is 2.96. The van der Waals surface area contributed by atoms with Crippen molar-refractivity contribution >= 4 is 26.8 Å². The van der Waals surface area contributed by atoms with Crippen molar-refractivity contribution in [1.29, 1.82) is 0 Å². The number of hydrogen-bond acceptors (Lipinski definition) is 2. The average molecular weight is 341 g/mol. The van der Waals surface area contributed by atoms with E-state index < -0.39 is 0 Å². The molecule has 0 fully saturated rings. The molecule has 1 heterocycles. The van der Waals surface area contributed by atoms with Crippen LogP contribution in [0, 0.1) is 13.8 Å². The van der Waals surface area contributed by atoms with Crippen LogP contribution in [-0.2, 0) is 0 Å². The quantitative estimate of drug-likeness (QED) is 0.736. The number of fused-ring (bicyclic) bond motifs is 1. The van der Waals surface area contributed by atoms with Gasteiger partial charge in [-0.3, -0.25) is 4.98 Å². The number of nitrogens with two attached hydrogens (primary N) is 1. The summed E-state index contributed by atoms with van der Waals surface area (Å²) in [6.07, 6.45) is 0. The smallest absolute Gasteiger partial charge is 0.0705 e. The van der Waals surface area contributed by atoms with Crippen molar-refractivity contribution in [3.05, 3.63) is 75.4 Å². The summed E-state index contributed by atoms with van der Waals surface area (Å²) in [6, 6.07) is 16.4. The molecule has 2 N–H and O–H groups in total. The first-order valence-corrected chi connectivity index (χ1v) is 7.73. The van der Waals surface area contributed by atoms with Crippen molar-refractivity contribution in [3.8, 4) is 0 Å². The van der Waals surface area contributed by atoms with Crippen LogP contribution in [0.4, 0.5) is 0 Å². The Bertz CT molecular complexity index is 811. The van der Waals surface area contributed by atoms with E-state index in [1.54, 1.807) is 0 Å². The Morgan fingerprint density at radius 2 is 1.86 bits per heavy atom. The van der Waals surface area contributed by atoms with Crippen LogP contribution >= 0.6 is 15.9 Å². The summed E-state index contributed by atoms with van der Waals surface area (Å²) in [6.45, 7) is 4.09. The Balaban J connectivity index is 2.07. The SMILES string of the molecule is Cc1ccc2cc(C(N)c3cccc(Br)c3C)ccc2n1. The van der Waals surface area contributed by atoms with Crippen molar-refractivity contribution in [2.75, 3.05) is 0 Å². The number of benzene rings is 2. The van der Waals surface area contributed by atoms with Crippen molar-refractivity contribution in [3.63, 3.8) is 0 Å². The van der Waals surface area contributed by atoms with E-state index >= 15 is 0 Å². The predicted octanol–water partition coefficient (Wildman–Crippen LogP) is 4.66. The lowest BCUT2D eigenvalue weighted by Crippen LogP contribution is -2.13. The summed E-state index contributed by atoms with van der Waals surface area (Å²) < 4.78 is 1.09.